The summed E-state index contributed by atoms with van der Waals surface area (Å²) in [4.78, 5) is 17.2. The molecule has 5 heteroatoms. The Kier molecular flexibility index (Phi) is 6.09. The SMILES string of the molecule is CNC(=O)C(C)C1=CC(c2cccc(Br)c2)=NC1Cc1cccc(Br)c1. The van der Waals surface area contributed by atoms with Gasteiger partial charge in [-0.05, 0) is 54.8 Å². The zero-order valence-corrected chi connectivity index (χ0v) is 17.8. The van der Waals surface area contributed by atoms with Crippen molar-refractivity contribution in [1.29, 1.82) is 0 Å². The number of nitrogens with one attached hydrogen (secondary N) is 1. The van der Waals surface area contributed by atoms with Crippen LogP contribution in [0.15, 0.2) is 74.1 Å². The van der Waals surface area contributed by atoms with Crippen LogP contribution in [0.3, 0.4) is 0 Å². The first-order valence-corrected chi connectivity index (χ1v) is 10.1. The molecule has 0 aromatic heterocycles. The normalized spacial score (nSPS) is 17.5. The van der Waals surface area contributed by atoms with Crippen molar-refractivity contribution in [2.24, 2.45) is 10.9 Å². The predicted octanol–water partition coefficient (Wildman–Crippen LogP) is 4.93. The maximum absolute atomic E-state index is 12.2. The number of halogens is 2. The second-order valence-electron chi connectivity index (χ2n) is 6.35. The first-order valence-electron chi connectivity index (χ1n) is 8.49. The minimum absolute atomic E-state index is 0.0150. The molecule has 1 N–H and O–H groups in total. The molecule has 134 valence electrons. The molecule has 0 fully saturated rings. The highest BCUT2D eigenvalue weighted by Gasteiger charge is 2.29. The quantitative estimate of drug-likeness (QED) is 0.654. The molecule has 3 rings (SSSR count). The van der Waals surface area contributed by atoms with Crippen molar-refractivity contribution in [3.63, 3.8) is 0 Å². The van der Waals surface area contributed by atoms with Gasteiger partial charge in [0.2, 0.25) is 5.91 Å². The molecule has 0 saturated heterocycles. The number of hydrogen-bond acceptors (Lipinski definition) is 2. The lowest BCUT2D eigenvalue weighted by molar-refractivity contribution is -0.123. The van der Waals surface area contributed by atoms with Gasteiger partial charge in [0, 0.05) is 21.6 Å². The van der Waals surface area contributed by atoms with E-state index in [0.717, 1.165) is 32.2 Å². The third-order valence-electron chi connectivity index (χ3n) is 4.56. The largest absolute Gasteiger partial charge is 0.359 e. The average Bonchev–Trinajstić information content (AvgIpc) is 3.04. The van der Waals surface area contributed by atoms with Crippen LogP contribution in [-0.2, 0) is 11.2 Å². The lowest BCUT2D eigenvalue weighted by Crippen LogP contribution is -2.29. The van der Waals surface area contributed by atoms with Gasteiger partial charge in [-0.1, -0.05) is 56.1 Å². The smallest absolute Gasteiger partial charge is 0.226 e. The van der Waals surface area contributed by atoms with Crippen molar-refractivity contribution in [1.82, 2.24) is 5.32 Å². The Balaban J connectivity index is 1.95. The number of allylic oxidation sites excluding steroid dienone is 1. The Labute approximate surface area is 170 Å². The highest BCUT2D eigenvalue weighted by atomic mass is 79.9. The Morgan fingerprint density at radius 2 is 1.85 bits per heavy atom. The van der Waals surface area contributed by atoms with E-state index in [4.69, 9.17) is 4.99 Å². The molecule has 2 atom stereocenters. The number of rotatable bonds is 5. The summed E-state index contributed by atoms with van der Waals surface area (Å²) in [5.41, 5.74) is 4.23. The number of aliphatic imine (C=N–C) groups is 1. The number of nitrogens with zero attached hydrogens (tertiary/aromatic N) is 1. The van der Waals surface area contributed by atoms with Gasteiger partial charge >= 0.3 is 0 Å². The van der Waals surface area contributed by atoms with Crippen LogP contribution in [0.2, 0.25) is 0 Å². The monoisotopic (exact) mass is 474 g/mol. The van der Waals surface area contributed by atoms with Crippen LogP contribution in [0.1, 0.15) is 18.1 Å². The highest BCUT2D eigenvalue weighted by Crippen LogP contribution is 2.29. The molecule has 0 bridgehead atoms. The molecule has 0 radical (unpaired) electrons. The summed E-state index contributed by atoms with van der Waals surface area (Å²) in [6, 6.07) is 16.3. The van der Waals surface area contributed by atoms with Crippen molar-refractivity contribution in [3.05, 3.63) is 80.3 Å². The van der Waals surface area contributed by atoms with Gasteiger partial charge in [-0.2, -0.15) is 0 Å². The molecule has 3 nitrogen and oxygen atoms in total. The standard InChI is InChI=1S/C21H20Br2N2O/c1-13(21(26)24-2)18-12-19(15-6-4-8-17(23)11-15)25-20(18)10-14-5-3-7-16(22)9-14/h3-9,11-13,20H,10H2,1-2H3,(H,24,26). The minimum Gasteiger partial charge on any atom is -0.359 e. The van der Waals surface area contributed by atoms with E-state index in [-0.39, 0.29) is 17.9 Å². The summed E-state index contributed by atoms with van der Waals surface area (Å²) in [6.45, 7) is 1.94. The maximum Gasteiger partial charge on any atom is 0.226 e. The van der Waals surface area contributed by atoms with Crippen LogP contribution in [0.5, 0.6) is 0 Å². The summed E-state index contributed by atoms with van der Waals surface area (Å²) in [5.74, 6) is -0.202. The van der Waals surface area contributed by atoms with E-state index in [1.165, 1.54) is 5.56 Å². The molecule has 0 aliphatic carbocycles. The number of amides is 1. The highest BCUT2D eigenvalue weighted by molar-refractivity contribution is 9.10. The predicted molar refractivity (Wildman–Crippen MR) is 114 cm³/mol. The molecule has 1 aliphatic rings. The molecule has 0 spiro atoms. The van der Waals surface area contributed by atoms with Crippen LogP contribution < -0.4 is 5.32 Å². The number of hydrogen-bond donors (Lipinski definition) is 1. The summed E-state index contributed by atoms with van der Waals surface area (Å²) in [6.07, 6.45) is 2.84. The molecule has 26 heavy (non-hydrogen) atoms. The fourth-order valence-corrected chi connectivity index (χ4v) is 4.02. The van der Waals surface area contributed by atoms with Crippen molar-refractivity contribution in [2.75, 3.05) is 7.05 Å². The first kappa shape index (κ1) is 19.1. The zero-order valence-electron chi connectivity index (χ0n) is 14.7. The average molecular weight is 476 g/mol. The van der Waals surface area contributed by atoms with Crippen LogP contribution >= 0.6 is 31.9 Å². The van der Waals surface area contributed by atoms with Crippen LogP contribution in [-0.4, -0.2) is 24.7 Å². The number of carbonyl (C=O) groups excluding carboxylic acids is 1. The van der Waals surface area contributed by atoms with E-state index >= 15 is 0 Å². The minimum atomic E-state index is -0.217. The van der Waals surface area contributed by atoms with Crippen molar-refractivity contribution in [3.8, 4) is 0 Å². The van der Waals surface area contributed by atoms with Gasteiger partial charge in [0.25, 0.3) is 0 Å². The molecular formula is C21H20Br2N2O. The van der Waals surface area contributed by atoms with Gasteiger partial charge in [-0.25, -0.2) is 0 Å². The Morgan fingerprint density at radius 3 is 2.50 bits per heavy atom. The van der Waals surface area contributed by atoms with E-state index < -0.39 is 0 Å². The molecule has 2 aromatic carbocycles. The van der Waals surface area contributed by atoms with E-state index in [9.17, 15) is 4.79 Å². The van der Waals surface area contributed by atoms with Crippen molar-refractivity contribution in [2.45, 2.75) is 19.4 Å². The van der Waals surface area contributed by atoms with E-state index in [1.54, 1.807) is 7.05 Å². The van der Waals surface area contributed by atoms with Crippen LogP contribution in [0.25, 0.3) is 0 Å². The summed E-state index contributed by atoms with van der Waals surface area (Å²) in [7, 11) is 1.67. The van der Waals surface area contributed by atoms with Crippen molar-refractivity contribution >= 4 is 43.5 Å². The lowest BCUT2D eigenvalue weighted by Gasteiger charge is -2.18. The van der Waals surface area contributed by atoms with Gasteiger partial charge in [-0.15, -0.1) is 0 Å². The molecule has 0 saturated carbocycles. The van der Waals surface area contributed by atoms with E-state index in [0.29, 0.717) is 0 Å². The number of carbonyl (C=O) groups is 1. The zero-order chi connectivity index (χ0) is 18.7. The van der Waals surface area contributed by atoms with Gasteiger partial charge in [0.15, 0.2) is 0 Å². The Morgan fingerprint density at radius 1 is 1.15 bits per heavy atom. The van der Waals surface area contributed by atoms with Gasteiger partial charge in [-0.3, -0.25) is 9.79 Å². The third-order valence-corrected chi connectivity index (χ3v) is 5.55. The Bertz CT molecular complexity index is 889. The van der Waals surface area contributed by atoms with Crippen LogP contribution in [0.4, 0.5) is 0 Å². The fourth-order valence-electron chi connectivity index (χ4n) is 3.17. The van der Waals surface area contributed by atoms with Gasteiger partial charge in [0.1, 0.15) is 0 Å². The fraction of sp³-hybridized carbons (Fsp3) is 0.238. The van der Waals surface area contributed by atoms with Gasteiger partial charge < -0.3 is 5.32 Å². The second kappa shape index (κ2) is 8.31. The lowest BCUT2D eigenvalue weighted by atomic mass is 9.90. The van der Waals surface area contributed by atoms with Crippen LogP contribution in [0, 0.1) is 5.92 Å². The van der Waals surface area contributed by atoms with Gasteiger partial charge in [0.05, 0.1) is 17.7 Å². The molecular weight excluding hydrogens is 456 g/mol. The molecule has 1 amide bonds. The Hall–Kier alpha value is -1.72. The van der Waals surface area contributed by atoms with Crippen molar-refractivity contribution < 1.29 is 4.79 Å². The topological polar surface area (TPSA) is 41.5 Å². The third kappa shape index (κ3) is 4.33. The molecule has 1 heterocycles. The second-order valence-corrected chi connectivity index (χ2v) is 8.19. The van der Waals surface area contributed by atoms with E-state index in [2.05, 4.69) is 61.5 Å². The summed E-state index contributed by atoms with van der Waals surface area (Å²) >= 11 is 7.05. The van der Waals surface area contributed by atoms with E-state index in [1.807, 2.05) is 37.3 Å². The molecule has 1 aliphatic heterocycles. The maximum atomic E-state index is 12.2. The summed E-state index contributed by atoms with van der Waals surface area (Å²) < 4.78 is 2.07. The number of benzene rings is 2. The molecule has 2 aromatic rings. The summed E-state index contributed by atoms with van der Waals surface area (Å²) in [5, 5.41) is 2.75. The molecule has 2 unspecified atom stereocenters. The first-order chi connectivity index (χ1) is 12.5.